The summed E-state index contributed by atoms with van der Waals surface area (Å²) in [4.78, 5) is 0.319. The zero-order valence-electron chi connectivity index (χ0n) is 4.14. The predicted octanol–water partition coefficient (Wildman–Crippen LogP) is 2.65. The Kier molecular flexibility index (Phi) is 2.15. The quantitative estimate of drug-likeness (QED) is 0.518. The largest absolute Gasteiger partial charge is 0.0888 e. The lowest BCUT2D eigenvalue weighted by molar-refractivity contribution is 1.29. The molecule has 0 bridgehead atoms. The summed E-state index contributed by atoms with van der Waals surface area (Å²) in [5.41, 5.74) is 0. The van der Waals surface area contributed by atoms with Crippen molar-refractivity contribution in [1.29, 1.82) is 0 Å². The van der Waals surface area contributed by atoms with Gasteiger partial charge in [0.25, 0.3) is 0 Å². The summed E-state index contributed by atoms with van der Waals surface area (Å²) in [7, 11) is 0. The first kappa shape index (κ1) is 6.37. The van der Waals surface area contributed by atoms with E-state index in [1.807, 2.05) is 24.6 Å². The Bertz CT molecular complexity index is 137. The van der Waals surface area contributed by atoms with Crippen LogP contribution in [0.15, 0.2) is 23.3 Å². The van der Waals surface area contributed by atoms with Crippen LogP contribution in [0.5, 0.6) is 0 Å². The molecule has 0 heterocycles. The molecule has 0 aromatic rings. The summed E-state index contributed by atoms with van der Waals surface area (Å²) in [6.45, 7) is 0. The lowest BCUT2D eigenvalue weighted by Crippen LogP contribution is -1.96. The van der Waals surface area contributed by atoms with E-state index in [9.17, 15) is 0 Å². The second-order valence-corrected chi connectivity index (χ2v) is 3.04. The van der Waals surface area contributed by atoms with Crippen LogP contribution in [0.2, 0.25) is 0 Å². The van der Waals surface area contributed by atoms with E-state index < -0.39 is 0 Å². The highest BCUT2D eigenvalue weighted by molar-refractivity contribution is 9.09. The van der Waals surface area contributed by atoms with Crippen molar-refractivity contribution < 1.29 is 0 Å². The second-order valence-electron chi connectivity index (χ2n) is 1.55. The minimum atomic E-state index is 0.319. The highest BCUT2D eigenvalue weighted by Crippen LogP contribution is 2.19. The van der Waals surface area contributed by atoms with E-state index in [4.69, 9.17) is 11.6 Å². The van der Waals surface area contributed by atoms with Crippen molar-refractivity contribution >= 4 is 27.5 Å². The Balaban J connectivity index is 2.59. The maximum atomic E-state index is 5.64. The molecule has 2 heteroatoms. The number of halogens is 2. The Hall–Kier alpha value is 0.250. The Morgan fingerprint density at radius 3 is 2.75 bits per heavy atom. The maximum Gasteiger partial charge on any atom is 0.0412 e. The van der Waals surface area contributed by atoms with Crippen molar-refractivity contribution in [2.45, 2.75) is 4.83 Å². The first-order valence-electron chi connectivity index (χ1n) is 2.32. The summed E-state index contributed by atoms with van der Waals surface area (Å²) >= 11 is 9.00. The van der Waals surface area contributed by atoms with E-state index in [-0.39, 0.29) is 0 Å². The summed E-state index contributed by atoms with van der Waals surface area (Å²) in [5.74, 6) is 0. The number of alkyl halides is 1. The van der Waals surface area contributed by atoms with Crippen LogP contribution in [-0.4, -0.2) is 4.83 Å². The van der Waals surface area contributed by atoms with Gasteiger partial charge < -0.3 is 0 Å². The van der Waals surface area contributed by atoms with Crippen LogP contribution in [0.4, 0.5) is 0 Å². The Morgan fingerprint density at radius 1 is 1.62 bits per heavy atom. The van der Waals surface area contributed by atoms with Crippen molar-refractivity contribution in [1.82, 2.24) is 0 Å². The van der Waals surface area contributed by atoms with Crippen molar-refractivity contribution in [3.8, 4) is 0 Å². The maximum absolute atomic E-state index is 5.64. The van der Waals surface area contributed by atoms with E-state index in [1.54, 1.807) is 0 Å². The molecule has 0 aliphatic heterocycles. The summed E-state index contributed by atoms with van der Waals surface area (Å²) < 4.78 is 0. The van der Waals surface area contributed by atoms with Gasteiger partial charge in [0.05, 0.1) is 0 Å². The molecular weight excluding hydrogens is 187 g/mol. The molecule has 0 N–H and O–H groups in total. The molecule has 43 valence electrons. The average Bonchev–Trinajstić information content (AvgIpc) is 1.64. The van der Waals surface area contributed by atoms with Gasteiger partial charge in [0, 0.05) is 16.3 Å². The van der Waals surface area contributed by atoms with Crippen LogP contribution < -0.4 is 0 Å². The van der Waals surface area contributed by atoms with E-state index in [2.05, 4.69) is 15.9 Å². The molecule has 0 amide bonds. The fourth-order valence-corrected chi connectivity index (χ4v) is 1.34. The van der Waals surface area contributed by atoms with E-state index in [1.165, 1.54) is 0 Å². The first-order chi connectivity index (χ1) is 3.79. The lowest BCUT2D eigenvalue weighted by Gasteiger charge is -2.04. The van der Waals surface area contributed by atoms with Crippen LogP contribution in [0.3, 0.4) is 0 Å². The number of allylic oxidation sites excluding steroid dienone is 4. The van der Waals surface area contributed by atoms with Gasteiger partial charge >= 0.3 is 0 Å². The molecule has 0 saturated carbocycles. The number of rotatable bonds is 0. The van der Waals surface area contributed by atoms with Crippen molar-refractivity contribution in [2.75, 3.05) is 0 Å². The fourth-order valence-electron chi connectivity index (χ4n) is 0.517. The highest BCUT2D eigenvalue weighted by Gasteiger charge is 2.04. The molecule has 1 atom stereocenters. The Morgan fingerprint density at radius 2 is 2.38 bits per heavy atom. The van der Waals surface area contributed by atoms with Crippen LogP contribution in [0.1, 0.15) is 0 Å². The van der Waals surface area contributed by atoms with E-state index in [0.29, 0.717) is 4.83 Å². The normalized spacial score (nSPS) is 27.8. The van der Waals surface area contributed by atoms with Crippen molar-refractivity contribution in [2.24, 2.45) is 0 Å². The lowest BCUT2D eigenvalue weighted by atomic mass is 10.2. The molecule has 0 nitrogen and oxygen atoms in total. The van der Waals surface area contributed by atoms with Gasteiger partial charge in [-0.15, -0.1) is 0 Å². The molecular formula is C6H5BrCl. The van der Waals surface area contributed by atoms with Gasteiger partial charge in [0.2, 0.25) is 0 Å². The molecule has 0 spiro atoms. The molecule has 0 fully saturated rings. The molecule has 0 saturated heterocycles. The molecule has 1 radical (unpaired) electrons. The molecule has 0 aromatic heterocycles. The standard InChI is InChI=1S/C6H5BrCl/c7-5-2-1-3-6(8)4-5/h1-5H. The van der Waals surface area contributed by atoms with Crippen molar-refractivity contribution in [3.63, 3.8) is 0 Å². The molecule has 0 aromatic carbocycles. The third-order valence-electron chi connectivity index (χ3n) is 0.869. The van der Waals surface area contributed by atoms with Gasteiger partial charge in [-0.3, -0.25) is 0 Å². The minimum Gasteiger partial charge on any atom is -0.0888 e. The number of hydrogen-bond acceptors (Lipinski definition) is 0. The van der Waals surface area contributed by atoms with Crippen molar-refractivity contribution in [3.05, 3.63) is 29.7 Å². The van der Waals surface area contributed by atoms with E-state index >= 15 is 0 Å². The van der Waals surface area contributed by atoms with Gasteiger partial charge in [-0.1, -0.05) is 39.7 Å². The van der Waals surface area contributed by atoms with Crippen LogP contribution in [0, 0.1) is 6.42 Å². The predicted molar refractivity (Wildman–Crippen MR) is 40.1 cm³/mol. The summed E-state index contributed by atoms with van der Waals surface area (Å²) in [6.07, 6.45) is 7.74. The molecule has 8 heavy (non-hydrogen) atoms. The third kappa shape index (κ3) is 1.64. The molecule has 1 aliphatic rings. The number of hydrogen-bond donors (Lipinski definition) is 0. The van der Waals surface area contributed by atoms with Crippen LogP contribution in [0.25, 0.3) is 0 Å². The van der Waals surface area contributed by atoms with Crippen LogP contribution in [-0.2, 0) is 0 Å². The zero-order valence-corrected chi connectivity index (χ0v) is 6.48. The summed E-state index contributed by atoms with van der Waals surface area (Å²) in [6, 6.07) is 0. The van der Waals surface area contributed by atoms with Gasteiger partial charge in [0.1, 0.15) is 0 Å². The SMILES string of the molecule is ClC1=CC=CC(Br)[CH]1. The van der Waals surface area contributed by atoms with E-state index in [0.717, 1.165) is 5.03 Å². The molecule has 1 rings (SSSR count). The monoisotopic (exact) mass is 191 g/mol. The smallest absolute Gasteiger partial charge is 0.0412 e. The third-order valence-corrected chi connectivity index (χ3v) is 1.69. The topological polar surface area (TPSA) is 0 Å². The zero-order chi connectivity index (χ0) is 5.98. The average molecular weight is 192 g/mol. The molecule has 1 unspecified atom stereocenters. The molecule has 1 aliphatic carbocycles. The summed E-state index contributed by atoms with van der Waals surface area (Å²) in [5, 5.41) is 0.800. The highest BCUT2D eigenvalue weighted by atomic mass is 79.9. The van der Waals surface area contributed by atoms with Gasteiger partial charge in [-0.05, 0) is 6.08 Å². The van der Waals surface area contributed by atoms with Gasteiger partial charge in [-0.2, -0.15) is 0 Å². The minimum absolute atomic E-state index is 0.319. The Labute approximate surface area is 62.3 Å². The van der Waals surface area contributed by atoms with Gasteiger partial charge in [-0.25, -0.2) is 0 Å². The van der Waals surface area contributed by atoms with Crippen LogP contribution >= 0.6 is 27.5 Å². The van der Waals surface area contributed by atoms with Gasteiger partial charge in [0.15, 0.2) is 0 Å². The fraction of sp³-hybridized carbons (Fsp3) is 0.167. The first-order valence-corrected chi connectivity index (χ1v) is 3.61. The second kappa shape index (κ2) is 2.70.